The van der Waals surface area contributed by atoms with E-state index in [1.165, 1.54) is 0 Å². The topological polar surface area (TPSA) is 128 Å². The second kappa shape index (κ2) is 6.99. The van der Waals surface area contributed by atoms with E-state index in [0.717, 1.165) is 18.3 Å². The quantitative estimate of drug-likeness (QED) is 0.586. The van der Waals surface area contributed by atoms with Crippen molar-refractivity contribution in [3.63, 3.8) is 0 Å². The van der Waals surface area contributed by atoms with E-state index < -0.39 is 10.0 Å². The Bertz CT molecular complexity index is 951. The minimum atomic E-state index is -3.62. The van der Waals surface area contributed by atoms with Crippen LogP contribution < -0.4 is 10.0 Å². The number of hydrogen-bond acceptors (Lipinski definition) is 8. The van der Waals surface area contributed by atoms with Gasteiger partial charge in [0.15, 0.2) is 0 Å². The van der Waals surface area contributed by atoms with Gasteiger partial charge in [0.2, 0.25) is 10.0 Å². The highest BCUT2D eigenvalue weighted by atomic mass is 32.2. The molecule has 132 valence electrons. The molecule has 2 N–H and O–H groups in total. The van der Waals surface area contributed by atoms with Crippen molar-refractivity contribution in [1.29, 1.82) is 0 Å². The van der Waals surface area contributed by atoms with Gasteiger partial charge >= 0.3 is 0 Å². The SMILES string of the molecule is Cc1nc(NCCNS(=O)(=O)c2cnoc2)cc(-n2ccnc2C)n1. The zero-order chi connectivity index (χ0) is 17.9. The summed E-state index contributed by atoms with van der Waals surface area (Å²) in [5, 5.41) is 6.46. The third-order valence-corrected chi connectivity index (χ3v) is 4.75. The maximum Gasteiger partial charge on any atom is 0.245 e. The minimum absolute atomic E-state index is 0.0109. The molecule has 3 aromatic rings. The molecule has 25 heavy (non-hydrogen) atoms. The van der Waals surface area contributed by atoms with Crippen molar-refractivity contribution >= 4 is 15.8 Å². The largest absolute Gasteiger partial charge is 0.369 e. The van der Waals surface area contributed by atoms with Crippen LogP contribution in [-0.2, 0) is 10.0 Å². The molecule has 0 aliphatic carbocycles. The van der Waals surface area contributed by atoms with E-state index in [1.807, 2.05) is 17.7 Å². The summed E-state index contributed by atoms with van der Waals surface area (Å²) >= 11 is 0. The molecule has 3 rings (SSSR count). The normalized spacial score (nSPS) is 11.6. The van der Waals surface area contributed by atoms with Crippen LogP contribution in [-0.4, -0.2) is 46.2 Å². The molecule has 0 bridgehead atoms. The molecule has 0 aliphatic heterocycles. The lowest BCUT2D eigenvalue weighted by Crippen LogP contribution is -2.28. The highest BCUT2D eigenvalue weighted by Gasteiger charge is 2.15. The van der Waals surface area contributed by atoms with Crippen molar-refractivity contribution in [2.75, 3.05) is 18.4 Å². The lowest BCUT2D eigenvalue weighted by molar-refractivity contribution is 0.417. The van der Waals surface area contributed by atoms with Gasteiger partial charge in [-0.25, -0.2) is 28.1 Å². The summed E-state index contributed by atoms with van der Waals surface area (Å²) in [4.78, 5) is 12.8. The first kappa shape index (κ1) is 17.0. The molecule has 11 heteroatoms. The average Bonchev–Trinajstić information content (AvgIpc) is 3.23. The Labute approximate surface area is 144 Å². The third-order valence-electron chi connectivity index (χ3n) is 3.34. The highest BCUT2D eigenvalue weighted by molar-refractivity contribution is 7.89. The number of rotatable bonds is 7. The zero-order valence-electron chi connectivity index (χ0n) is 13.7. The molecule has 0 aromatic carbocycles. The number of aromatic nitrogens is 5. The lowest BCUT2D eigenvalue weighted by atomic mass is 10.4. The van der Waals surface area contributed by atoms with Crippen LogP contribution in [0.3, 0.4) is 0 Å². The number of hydrogen-bond donors (Lipinski definition) is 2. The number of sulfonamides is 1. The van der Waals surface area contributed by atoms with Gasteiger partial charge in [0.1, 0.15) is 34.4 Å². The molecule has 10 nitrogen and oxygen atoms in total. The summed E-state index contributed by atoms with van der Waals surface area (Å²) in [7, 11) is -3.62. The number of nitrogens with zero attached hydrogens (tertiary/aromatic N) is 5. The second-order valence-corrected chi connectivity index (χ2v) is 6.95. The van der Waals surface area contributed by atoms with E-state index in [0.29, 0.717) is 24.0 Å². The summed E-state index contributed by atoms with van der Waals surface area (Å²) in [5.41, 5.74) is 0. The Kier molecular flexibility index (Phi) is 4.76. The Morgan fingerprint density at radius 2 is 2.08 bits per heavy atom. The van der Waals surface area contributed by atoms with Gasteiger partial charge in [0, 0.05) is 31.5 Å². The van der Waals surface area contributed by atoms with E-state index in [1.54, 1.807) is 19.2 Å². The molecule has 0 aliphatic rings. The van der Waals surface area contributed by atoms with Crippen LogP contribution >= 0.6 is 0 Å². The number of nitrogens with one attached hydrogen (secondary N) is 2. The number of imidazole rings is 1. The minimum Gasteiger partial charge on any atom is -0.369 e. The molecule has 0 saturated heterocycles. The highest BCUT2D eigenvalue weighted by Crippen LogP contribution is 2.12. The Hall–Kier alpha value is -2.79. The molecule has 0 atom stereocenters. The standard InChI is InChI=1S/C14H17N7O3S/c1-10-19-13(7-14(20-10)21-6-5-15-11(21)2)16-3-4-18-25(22,23)12-8-17-24-9-12/h5-9,18H,3-4H2,1-2H3,(H,16,19,20). The van der Waals surface area contributed by atoms with Crippen molar-refractivity contribution in [3.8, 4) is 5.82 Å². The summed E-state index contributed by atoms with van der Waals surface area (Å²) in [5.74, 6) is 2.69. The van der Waals surface area contributed by atoms with Crippen LogP contribution in [0.4, 0.5) is 5.82 Å². The van der Waals surface area contributed by atoms with E-state index >= 15 is 0 Å². The smallest absolute Gasteiger partial charge is 0.245 e. The van der Waals surface area contributed by atoms with Crippen LogP contribution in [0.5, 0.6) is 0 Å². The summed E-state index contributed by atoms with van der Waals surface area (Å²) in [6, 6.07) is 1.77. The van der Waals surface area contributed by atoms with Crippen LogP contribution in [0.1, 0.15) is 11.6 Å². The fraction of sp³-hybridized carbons (Fsp3) is 0.286. The first-order valence-corrected chi connectivity index (χ1v) is 8.93. The Morgan fingerprint density at radius 3 is 2.76 bits per heavy atom. The van der Waals surface area contributed by atoms with E-state index in [4.69, 9.17) is 0 Å². The molecular weight excluding hydrogens is 346 g/mol. The zero-order valence-corrected chi connectivity index (χ0v) is 14.5. The van der Waals surface area contributed by atoms with Gasteiger partial charge in [0.05, 0.1) is 6.20 Å². The molecule has 0 spiro atoms. The van der Waals surface area contributed by atoms with E-state index in [-0.39, 0.29) is 11.4 Å². The van der Waals surface area contributed by atoms with Crippen molar-refractivity contribution in [3.05, 3.63) is 42.6 Å². The van der Waals surface area contributed by atoms with E-state index in [9.17, 15) is 8.42 Å². The molecule has 0 amide bonds. The molecule has 0 saturated carbocycles. The molecule has 3 heterocycles. The fourth-order valence-electron chi connectivity index (χ4n) is 2.17. The molecule has 0 fully saturated rings. The number of aryl methyl sites for hydroxylation is 2. The van der Waals surface area contributed by atoms with Crippen LogP contribution in [0, 0.1) is 13.8 Å². The maximum atomic E-state index is 11.9. The number of anilines is 1. The van der Waals surface area contributed by atoms with Crippen LogP contribution in [0.2, 0.25) is 0 Å². The molecule has 3 aromatic heterocycles. The van der Waals surface area contributed by atoms with Gasteiger partial charge in [-0.3, -0.25) is 4.57 Å². The van der Waals surface area contributed by atoms with Gasteiger partial charge in [-0.15, -0.1) is 0 Å². The van der Waals surface area contributed by atoms with Gasteiger partial charge in [-0.2, -0.15) is 0 Å². The first-order valence-electron chi connectivity index (χ1n) is 7.44. The van der Waals surface area contributed by atoms with E-state index in [2.05, 4.69) is 34.7 Å². The second-order valence-electron chi connectivity index (χ2n) is 5.19. The summed E-state index contributed by atoms with van der Waals surface area (Å²) < 4.78 is 32.7. The van der Waals surface area contributed by atoms with Crippen molar-refractivity contribution in [1.82, 2.24) is 29.4 Å². The average molecular weight is 363 g/mol. The van der Waals surface area contributed by atoms with Gasteiger partial charge in [-0.05, 0) is 13.8 Å². The lowest BCUT2D eigenvalue weighted by Gasteiger charge is -2.10. The van der Waals surface area contributed by atoms with Crippen molar-refractivity contribution in [2.24, 2.45) is 0 Å². The monoisotopic (exact) mass is 363 g/mol. The predicted molar refractivity (Wildman–Crippen MR) is 88.8 cm³/mol. The molecule has 0 unspecified atom stereocenters. The predicted octanol–water partition coefficient (Wildman–Crippen LogP) is 0.658. The summed E-state index contributed by atoms with van der Waals surface area (Å²) in [6.07, 6.45) is 5.72. The fourth-order valence-corrected chi connectivity index (χ4v) is 3.06. The third kappa shape index (κ3) is 4.00. The van der Waals surface area contributed by atoms with Crippen molar-refractivity contribution < 1.29 is 12.9 Å². The molecule has 0 radical (unpaired) electrons. The molecular formula is C14H17N7O3S. The summed E-state index contributed by atoms with van der Waals surface area (Å²) in [6.45, 7) is 4.19. The first-order chi connectivity index (χ1) is 12.0. The van der Waals surface area contributed by atoms with Gasteiger partial charge < -0.3 is 9.84 Å². The van der Waals surface area contributed by atoms with Crippen LogP contribution in [0.25, 0.3) is 5.82 Å². The Morgan fingerprint density at radius 1 is 1.24 bits per heavy atom. The van der Waals surface area contributed by atoms with Crippen molar-refractivity contribution in [2.45, 2.75) is 18.7 Å². The van der Waals surface area contributed by atoms with Gasteiger partial charge in [-0.1, -0.05) is 5.16 Å². The van der Waals surface area contributed by atoms with Gasteiger partial charge in [0.25, 0.3) is 0 Å². The Balaban J connectivity index is 1.62. The maximum absolute atomic E-state index is 11.9. The van der Waals surface area contributed by atoms with Crippen LogP contribution in [0.15, 0.2) is 40.3 Å².